The van der Waals surface area contributed by atoms with Crippen LogP contribution in [0.3, 0.4) is 0 Å². The minimum absolute atomic E-state index is 0.0174. The number of rotatable bonds is 5. The van der Waals surface area contributed by atoms with Gasteiger partial charge in [-0.15, -0.1) is 0 Å². The van der Waals surface area contributed by atoms with Gasteiger partial charge in [-0.05, 0) is 37.5 Å². The maximum absolute atomic E-state index is 12.4. The predicted molar refractivity (Wildman–Crippen MR) is 98.0 cm³/mol. The standard InChI is InChI=1S/C17H25ClN2O3S/c1-14-7-8-15(13-16(14)18)20(24(2,22)23)12-9-17(21)19-10-5-3-4-6-11-19/h7-8,13H,3-6,9-12H2,1-2H3. The van der Waals surface area contributed by atoms with Gasteiger partial charge in [-0.25, -0.2) is 8.42 Å². The van der Waals surface area contributed by atoms with Crippen molar-refractivity contribution in [3.05, 3.63) is 28.8 Å². The van der Waals surface area contributed by atoms with Crippen LogP contribution < -0.4 is 4.31 Å². The minimum Gasteiger partial charge on any atom is -0.343 e. The number of halogens is 1. The molecule has 1 aliphatic heterocycles. The average Bonchev–Trinajstić information content (AvgIpc) is 2.78. The van der Waals surface area contributed by atoms with E-state index in [0.29, 0.717) is 10.7 Å². The van der Waals surface area contributed by atoms with Gasteiger partial charge >= 0.3 is 0 Å². The van der Waals surface area contributed by atoms with E-state index in [1.54, 1.807) is 18.2 Å². The first-order valence-electron chi connectivity index (χ1n) is 8.30. The van der Waals surface area contributed by atoms with E-state index in [2.05, 4.69) is 0 Å². The van der Waals surface area contributed by atoms with E-state index in [1.807, 2.05) is 11.8 Å². The van der Waals surface area contributed by atoms with Gasteiger partial charge in [0.1, 0.15) is 0 Å². The highest BCUT2D eigenvalue weighted by molar-refractivity contribution is 7.92. The first-order chi connectivity index (χ1) is 11.3. The van der Waals surface area contributed by atoms with Crippen LogP contribution in [0.2, 0.25) is 5.02 Å². The number of sulfonamides is 1. The fourth-order valence-corrected chi connectivity index (χ4v) is 3.99. The third-order valence-electron chi connectivity index (χ3n) is 4.33. The molecule has 1 aromatic rings. The summed E-state index contributed by atoms with van der Waals surface area (Å²) < 4.78 is 25.5. The predicted octanol–water partition coefficient (Wildman–Crippen LogP) is 3.21. The second-order valence-electron chi connectivity index (χ2n) is 6.31. The van der Waals surface area contributed by atoms with Gasteiger partial charge in [-0.2, -0.15) is 0 Å². The highest BCUT2D eigenvalue weighted by Crippen LogP contribution is 2.25. The molecule has 1 aromatic carbocycles. The first kappa shape index (κ1) is 19.1. The Morgan fingerprint density at radius 2 is 1.83 bits per heavy atom. The molecule has 0 spiro atoms. The molecule has 0 bridgehead atoms. The monoisotopic (exact) mass is 372 g/mol. The molecule has 0 saturated carbocycles. The Balaban J connectivity index is 2.09. The van der Waals surface area contributed by atoms with Gasteiger partial charge < -0.3 is 4.90 Å². The van der Waals surface area contributed by atoms with Gasteiger partial charge in [0.05, 0.1) is 11.9 Å². The second kappa shape index (κ2) is 8.21. The zero-order chi connectivity index (χ0) is 17.7. The summed E-state index contributed by atoms with van der Waals surface area (Å²) in [7, 11) is -3.48. The van der Waals surface area contributed by atoms with E-state index < -0.39 is 10.0 Å². The Morgan fingerprint density at radius 1 is 1.21 bits per heavy atom. The zero-order valence-corrected chi connectivity index (χ0v) is 15.9. The fourth-order valence-electron chi connectivity index (χ4n) is 2.90. The summed E-state index contributed by atoms with van der Waals surface area (Å²) in [4.78, 5) is 14.3. The number of hydrogen-bond acceptors (Lipinski definition) is 3. The van der Waals surface area contributed by atoms with Gasteiger partial charge in [0, 0.05) is 31.1 Å². The smallest absolute Gasteiger partial charge is 0.232 e. The third kappa shape index (κ3) is 5.11. The Labute approximate surface area is 149 Å². The van der Waals surface area contributed by atoms with Crippen molar-refractivity contribution in [2.24, 2.45) is 0 Å². The zero-order valence-electron chi connectivity index (χ0n) is 14.3. The van der Waals surface area contributed by atoms with Gasteiger partial charge in [0.15, 0.2) is 0 Å². The average molecular weight is 373 g/mol. The Bertz CT molecular complexity index is 683. The number of carbonyl (C=O) groups excluding carboxylic acids is 1. The molecule has 0 N–H and O–H groups in total. The molecule has 0 atom stereocenters. The van der Waals surface area contributed by atoms with E-state index in [-0.39, 0.29) is 18.9 Å². The van der Waals surface area contributed by atoms with Crippen molar-refractivity contribution in [2.75, 3.05) is 30.2 Å². The van der Waals surface area contributed by atoms with Gasteiger partial charge in [-0.3, -0.25) is 9.10 Å². The summed E-state index contributed by atoms with van der Waals surface area (Å²) in [6, 6.07) is 5.14. The number of hydrogen-bond donors (Lipinski definition) is 0. The van der Waals surface area contributed by atoms with Gasteiger partial charge in [0.2, 0.25) is 15.9 Å². The molecule has 134 valence electrons. The molecule has 24 heavy (non-hydrogen) atoms. The minimum atomic E-state index is -3.48. The van der Waals surface area contributed by atoms with Crippen LogP contribution in [0.4, 0.5) is 5.69 Å². The van der Waals surface area contributed by atoms with Crippen molar-refractivity contribution < 1.29 is 13.2 Å². The molecule has 5 nitrogen and oxygen atoms in total. The van der Waals surface area contributed by atoms with E-state index in [9.17, 15) is 13.2 Å². The van der Waals surface area contributed by atoms with E-state index in [1.165, 1.54) is 4.31 Å². The quantitative estimate of drug-likeness (QED) is 0.797. The highest BCUT2D eigenvalue weighted by atomic mass is 35.5. The lowest BCUT2D eigenvalue weighted by molar-refractivity contribution is -0.130. The second-order valence-corrected chi connectivity index (χ2v) is 8.63. The summed E-state index contributed by atoms with van der Waals surface area (Å²) in [5.41, 5.74) is 1.38. The Morgan fingerprint density at radius 3 is 2.38 bits per heavy atom. The molecule has 0 aromatic heterocycles. The van der Waals surface area contributed by atoms with Gasteiger partial charge in [-0.1, -0.05) is 30.5 Å². The van der Waals surface area contributed by atoms with Crippen molar-refractivity contribution in [2.45, 2.75) is 39.0 Å². The maximum atomic E-state index is 12.4. The molecule has 1 saturated heterocycles. The van der Waals surface area contributed by atoms with Crippen molar-refractivity contribution in [3.8, 4) is 0 Å². The summed E-state index contributed by atoms with van der Waals surface area (Å²) >= 11 is 6.11. The molecule has 7 heteroatoms. The lowest BCUT2D eigenvalue weighted by atomic mass is 10.2. The molecule has 1 aliphatic rings. The van der Waals surface area contributed by atoms with Crippen molar-refractivity contribution in [3.63, 3.8) is 0 Å². The summed E-state index contributed by atoms with van der Waals surface area (Å²) in [5.74, 6) is 0.0174. The van der Waals surface area contributed by atoms with E-state index in [0.717, 1.165) is 50.6 Å². The topological polar surface area (TPSA) is 57.7 Å². The summed E-state index contributed by atoms with van der Waals surface area (Å²) in [6.07, 6.45) is 5.68. The fraction of sp³-hybridized carbons (Fsp3) is 0.588. The van der Waals surface area contributed by atoms with Crippen LogP contribution in [0.25, 0.3) is 0 Å². The molecule has 2 rings (SSSR count). The summed E-state index contributed by atoms with van der Waals surface area (Å²) in [5, 5.41) is 0.514. The molecule has 1 heterocycles. The van der Waals surface area contributed by atoms with Crippen LogP contribution in [0.5, 0.6) is 0 Å². The van der Waals surface area contributed by atoms with Crippen LogP contribution in [0.15, 0.2) is 18.2 Å². The van der Waals surface area contributed by atoms with Crippen molar-refractivity contribution >= 4 is 33.2 Å². The normalized spacial score (nSPS) is 15.9. The number of benzene rings is 1. The van der Waals surface area contributed by atoms with E-state index in [4.69, 9.17) is 11.6 Å². The number of nitrogens with zero attached hydrogens (tertiary/aromatic N) is 2. The molecular formula is C17H25ClN2O3S. The largest absolute Gasteiger partial charge is 0.343 e. The summed E-state index contributed by atoms with van der Waals surface area (Å²) in [6.45, 7) is 3.54. The SMILES string of the molecule is Cc1ccc(N(CCC(=O)N2CCCCCC2)S(C)(=O)=O)cc1Cl. The number of likely N-dealkylation sites (tertiary alicyclic amines) is 1. The molecule has 0 radical (unpaired) electrons. The van der Waals surface area contributed by atoms with E-state index >= 15 is 0 Å². The number of anilines is 1. The maximum Gasteiger partial charge on any atom is 0.232 e. The van der Waals surface area contributed by atoms with Crippen LogP contribution >= 0.6 is 11.6 Å². The lowest BCUT2D eigenvalue weighted by Gasteiger charge is -2.25. The number of carbonyl (C=O) groups is 1. The van der Waals surface area contributed by atoms with Crippen LogP contribution in [-0.4, -0.2) is 45.1 Å². The number of amides is 1. The first-order valence-corrected chi connectivity index (χ1v) is 10.5. The number of aryl methyl sites for hydroxylation is 1. The van der Waals surface area contributed by atoms with Crippen molar-refractivity contribution in [1.29, 1.82) is 0 Å². The molecule has 0 aliphatic carbocycles. The highest BCUT2D eigenvalue weighted by Gasteiger charge is 2.21. The Kier molecular flexibility index (Phi) is 6.52. The van der Waals surface area contributed by atoms with Gasteiger partial charge in [0.25, 0.3) is 0 Å². The van der Waals surface area contributed by atoms with Crippen molar-refractivity contribution in [1.82, 2.24) is 4.90 Å². The lowest BCUT2D eigenvalue weighted by Crippen LogP contribution is -2.37. The van der Waals surface area contributed by atoms with Crippen LogP contribution in [-0.2, 0) is 14.8 Å². The molecule has 1 amide bonds. The van der Waals surface area contributed by atoms with Crippen LogP contribution in [0.1, 0.15) is 37.7 Å². The third-order valence-corrected chi connectivity index (χ3v) is 5.93. The molecule has 0 unspecified atom stereocenters. The van der Waals surface area contributed by atoms with Crippen LogP contribution in [0, 0.1) is 6.92 Å². The Hall–Kier alpha value is -1.27. The molecular weight excluding hydrogens is 348 g/mol. The molecule has 1 fully saturated rings.